The second-order valence-corrected chi connectivity index (χ2v) is 20.0. The number of likely N-dealkylation sites (N-methyl/N-ethyl adjacent to an activating group) is 1. The summed E-state index contributed by atoms with van der Waals surface area (Å²) in [7, 11) is 1.69. The second-order valence-electron chi connectivity index (χ2n) is 18.6. The predicted molar refractivity (Wildman–Crippen MR) is 248 cm³/mol. The normalized spacial score (nSPS) is 13.6. The Labute approximate surface area is 361 Å². The number of esters is 1. The van der Waals surface area contributed by atoms with E-state index < -0.39 is 13.9 Å². The third-order valence-electron chi connectivity index (χ3n) is 11.4. The lowest BCUT2D eigenvalue weighted by atomic mass is 10.0. The Morgan fingerprint density at radius 3 is 1.14 bits per heavy atom. The van der Waals surface area contributed by atoms with Gasteiger partial charge in [0.1, 0.15) is 19.3 Å². The summed E-state index contributed by atoms with van der Waals surface area (Å²) < 4.78 is 35.2. The number of carbonyl (C=O) groups excluding carboxylic acids is 1. The molecule has 2 atom stereocenters. The van der Waals surface area contributed by atoms with Crippen molar-refractivity contribution in [1.82, 2.24) is 0 Å². The fourth-order valence-corrected chi connectivity index (χ4v) is 8.24. The van der Waals surface area contributed by atoms with Gasteiger partial charge in [0.05, 0.1) is 34.4 Å². The van der Waals surface area contributed by atoms with E-state index in [9.17, 15) is 14.3 Å². The number of rotatable bonds is 48. The largest absolute Gasteiger partial charge is 0.472 e. The van der Waals surface area contributed by atoms with Gasteiger partial charge in [0.15, 0.2) is 0 Å². The van der Waals surface area contributed by atoms with Crippen LogP contribution < -0.4 is 0 Å². The maximum absolute atomic E-state index is 12.7. The van der Waals surface area contributed by atoms with Crippen LogP contribution in [0.25, 0.3) is 0 Å². The molecule has 0 spiro atoms. The molecule has 0 aromatic carbocycles. The lowest BCUT2D eigenvalue weighted by Gasteiger charge is -2.24. The van der Waals surface area contributed by atoms with E-state index in [1.807, 2.05) is 21.1 Å². The van der Waals surface area contributed by atoms with Gasteiger partial charge in [-0.1, -0.05) is 232 Å². The molecule has 2 unspecified atom stereocenters. The van der Waals surface area contributed by atoms with E-state index in [2.05, 4.69) is 13.8 Å². The van der Waals surface area contributed by atoms with Gasteiger partial charge in [-0.05, 0) is 12.8 Å². The lowest BCUT2D eigenvalue weighted by Crippen LogP contribution is -2.37. The van der Waals surface area contributed by atoms with E-state index in [0.29, 0.717) is 24.1 Å². The monoisotopic (exact) mass is 847 g/mol. The quantitative estimate of drug-likeness (QED) is 0.0282. The van der Waals surface area contributed by atoms with E-state index in [1.165, 1.54) is 199 Å². The van der Waals surface area contributed by atoms with Gasteiger partial charge < -0.3 is 18.9 Å². The molecule has 0 aromatic heterocycles. The minimum atomic E-state index is -4.27. The number of hydrogen-bond donors (Lipinski definition) is 1. The van der Waals surface area contributed by atoms with Crippen molar-refractivity contribution in [2.45, 2.75) is 258 Å². The fourth-order valence-electron chi connectivity index (χ4n) is 7.50. The van der Waals surface area contributed by atoms with Gasteiger partial charge in [-0.3, -0.25) is 13.8 Å². The molecule has 0 rings (SSSR count). The van der Waals surface area contributed by atoms with Crippen molar-refractivity contribution in [3.8, 4) is 0 Å². The summed E-state index contributed by atoms with van der Waals surface area (Å²) in [4.78, 5) is 23.0. The highest BCUT2D eigenvalue weighted by Crippen LogP contribution is 2.43. The van der Waals surface area contributed by atoms with Crippen molar-refractivity contribution in [3.05, 3.63) is 0 Å². The number of hydrogen-bond acceptors (Lipinski definition) is 6. The van der Waals surface area contributed by atoms with Crippen LogP contribution in [-0.2, 0) is 27.9 Å². The molecule has 9 heteroatoms. The number of phosphoric acid groups is 1. The van der Waals surface area contributed by atoms with Gasteiger partial charge in [0.2, 0.25) is 0 Å². The first-order valence-electron chi connectivity index (χ1n) is 25.3. The van der Waals surface area contributed by atoms with Gasteiger partial charge in [0.25, 0.3) is 0 Å². The van der Waals surface area contributed by atoms with E-state index in [4.69, 9.17) is 18.5 Å². The molecule has 0 amide bonds. The van der Waals surface area contributed by atoms with Gasteiger partial charge in [0, 0.05) is 13.0 Å². The summed E-state index contributed by atoms with van der Waals surface area (Å²) in [6.07, 6.45) is 47.1. The highest BCUT2D eigenvalue weighted by Gasteiger charge is 2.26. The van der Waals surface area contributed by atoms with Crippen LogP contribution in [0.5, 0.6) is 0 Å². The molecule has 0 saturated carbocycles. The molecule has 0 fully saturated rings. The standard InChI is InChI=1S/C49H100NO7P/c1-6-8-10-12-14-16-18-20-22-24-26-28-30-32-34-36-38-40-42-49(51)57-48(47-56-58(52,53)55-45-43-50(3,4)5)46-54-44-41-39-37-35-33-31-29-27-25-23-21-19-17-15-13-11-9-7-2/h48H,6-47H2,1-5H3/p+1. The third kappa shape index (κ3) is 46.6. The highest BCUT2D eigenvalue weighted by atomic mass is 31.2. The summed E-state index contributed by atoms with van der Waals surface area (Å²) in [5.41, 5.74) is 0. The number of ether oxygens (including phenoxy) is 2. The fraction of sp³-hybridized carbons (Fsp3) is 0.980. The first kappa shape index (κ1) is 57.5. The Morgan fingerprint density at radius 2 is 0.793 bits per heavy atom. The maximum Gasteiger partial charge on any atom is 0.472 e. The second kappa shape index (κ2) is 43.2. The topological polar surface area (TPSA) is 91.3 Å². The van der Waals surface area contributed by atoms with Crippen molar-refractivity contribution in [1.29, 1.82) is 0 Å². The number of unbranched alkanes of at least 4 members (excludes halogenated alkanes) is 34. The van der Waals surface area contributed by atoms with E-state index in [0.717, 1.165) is 32.1 Å². The van der Waals surface area contributed by atoms with Gasteiger partial charge in [-0.15, -0.1) is 0 Å². The van der Waals surface area contributed by atoms with Crippen LogP contribution in [-0.4, -0.2) is 75.6 Å². The number of carbonyl (C=O) groups is 1. The molecular weight excluding hydrogens is 746 g/mol. The Balaban J connectivity index is 4.10. The lowest BCUT2D eigenvalue weighted by molar-refractivity contribution is -0.870. The molecule has 0 aliphatic rings. The van der Waals surface area contributed by atoms with Crippen molar-refractivity contribution >= 4 is 13.8 Å². The Bertz CT molecular complexity index is 899. The molecule has 348 valence electrons. The molecule has 0 bridgehead atoms. The maximum atomic E-state index is 12.7. The van der Waals surface area contributed by atoms with Crippen LogP contribution in [0.3, 0.4) is 0 Å². The summed E-state index contributed by atoms with van der Waals surface area (Å²) in [5.74, 6) is -0.305. The average Bonchev–Trinajstić information content (AvgIpc) is 3.18. The molecule has 0 aliphatic heterocycles. The van der Waals surface area contributed by atoms with Crippen LogP contribution in [0.2, 0.25) is 0 Å². The van der Waals surface area contributed by atoms with Crippen molar-refractivity contribution in [3.63, 3.8) is 0 Å². The Morgan fingerprint density at radius 1 is 0.466 bits per heavy atom. The molecule has 0 saturated heterocycles. The minimum Gasteiger partial charge on any atom is -0.457 e. The van der Waals surface area contributed by atoms with Crippen molar-refractivity contribution in [2.24, 2.45) is 0 Å². The minimum absolute atomic E-state index is 0.0942. The molecule has 8 nitrogen and oxygen atoms in total. The summed E-state index contributed by atoms with van der Waals surface area (Å²) in [5, 5.41) is 0. The van der Waals surface area contributed by atoms with E-state index in [1.54, 1.807) is 0 Å². The Hall–Kier alpha value is -0.500. The molecule has 0 radical (unpaired) electrons. The van der Waals surface area contributed by atoms with Gasteiger partial charge in [-0.25, -0.2) is 4.57 Å². The van der Waals surface area contributed by atoms with Crippen LogP contribution in [0, 0.1) is 0 Å². The zero-order valence-corrected chi connectivity index (χ0v) is 40.5. The van der Waals surface area contributed by atoms with Crippen LogP contribution in [0.4, 0.5) is 0 Å². The SMILES string of the molecule is CCCCCCCCCCCCCCCCCCCCOCC(COP(=O)(O)OCC[N+](C)(C)C)OC(=O)CCCCCCCCCCCCCCCCCCCC. The number of quaternary nitrogens is 1. The van der Waals surface area contributed by atoms with Gasteiger partial charge >= 0.3 is 13.8 Å². The van der Waals surface area contributed by atoms with Crippen LogP contribution in [0.1, 0.15) is 251 Å². The van der Waals surface area contributed by atoms with Crippen LogP contribution in [0.15, 0.2) is 0 Å². The molecule has 1 N–H and O–H groups in total. The van der Waals surface area contributed by atoms with Gasteiger partial charge in [-0.2, -0.15) is 0 Å². The van der Waals surface area contributed by atoms with E-state index in [-0.39, 0.29) is 25.8 Å². The highest BCUT2D eigenvalue weighted by molar-refractivity contribution is 7.47. The summed E-state index contributed by atoms with van der Waals surface area (Å²) in [6, 6.07) is 0. The zero-order chi connectivity index (χ0) is 42.7. The third-order valence-corrected chi connectivity index (χ3v) is 12.4. The first-order valence-corrected chi connectivity index (χ1v) is 26.8. The molecule has 0 heterocycles. The first-order chi connectivity index (χ1) is 28.1. The summed E-state index contributed by atoms with van der Waals surface area (Å²) in [6.45, 7) is 5.70. The summed E-state index contributed by atoms with van der Waals surface area (Å²) >= 11 is 0. The number of nitrogens with zero attached hydrogens (tertiary/aromatic N) is 1. The molecule has 0 aliphatic carbocycles. The van der Waals surface area contributed by atoms with Crippen molar-refractivity contribution < 1.29 is 37.3 Å². The molecule has 0 aromatic rings. The molecule has 58 heavy (non-hydrogen) atoms. The smallest absolute Gasteiger partial charge is 0.457 e. The number of phosphoric ester groups is 1. The van der Waals surface area contributed by atoms with E-state index >= 15 is 0 Å². The van der Waals surface area contributed by atoms with Crippen molar-refractivity contribution in [2.75, 3.05) is 54.1 Å². The Kier molecular flexibility index (Phi) is 42.8. The van der Waals surface area contributed by atoms with Crippen LogP contribution >= 0.6 is 7.82 Å². The average molecular weight is 847 g/mol. The molecular formula is C49H101NO7P+. The zero-order valence-electron chi connectivity index (χ0n) is 39.6. The predicted octanol–water partition coefficient (Wildman–Crippen LogP) is 15.2.